The van der Waals surface area contributed by atoms with Gasteiger partial charge in [0.1, 0.15) is 0 Å². The van der Waals surface area contributed by atoms with Crippen molar-refractivity contribution in [2.75, 3.05) is 21.1 Å². The molecule has 0 N–H and O–H groups in total. The van der Waals surface area contributed by atoms with E-state index < -0.39 is 0 Å². The molecule has 0 bridgehead atoms. The molecule has 0 heterocycles. The van der Waals surface area contributed by atoms with Gasteiger partial charge in [0.05, 0.1) is 21.1 Å². The maximum atomic E-state index is 5.64. The van der Waals surface area contributed by atoms with Crippen molar-refractivity contribution in [3.05, 3.63) is 5.50 Å². The van der Waals surface area contributed by atoms with Gasteiger partial charge in [-0.15, -0.1) is 0 Å². The molecule has 0 rings (SSSR count). The molecule has 0 unspecified atom stereocenters. The Bertz CT molecular complexity index is 53.6. The summed E-state index contributed by atoms with van der Waals surface area (Å²) < 4.78 is 0.738. The van der Waals surface area contributed by atoms with Gasteiger partial charge in [0.25, 0.3) is 0 Å². The fraction of sp³-hybridized carbons (Fsp3) is 0.800. The molecule has 0 aromatic carbocycles. The lowest BCUT2D eigenvalue weighted by Crippen LogP contribution is -2.34. The van der Waals surface area contributed by atoms with Gasteiger partial charge in [-0.3, -0.25) is 0 Å². The van der Waals surface area contributed by atoms with Gasteiger partial charge in [-0.1, -0.05) is 0 Å². The van der Waals surface area contributed by atoms with Crippen LogP contribution in [0.5, 0.6) is 0 Å². The predicted octanol–water partition coefficient (Wildman–Crippen LogP) is 1.44. The molecule has 7 heavy (non-hydrogen) atoms. The minimum absolute atomic E-state index is 0.738. The van der Waals surface area contributed by atoms with E-state index in [2.05, 4.69) is 0 Å². The summed E-state index contributed by atoms with van der Waals surface area (Å²) in [6.07, 6.45) is 0. The normalized spacial score (nSPS) is 12.9. The summed E-state index contributed by atoms with van der Waals surface area (Å²) in [5.41, 5.74) is 0.903. The SMILES string of the molecule is C[C](Cl)[N+](C)(C)C. The number of hydrogen-bond acceptors (Lipinski definition) is 0. The summed E-state index contributed by atoms with van der Waals surface area (Å²) in [5, 5.41) is 0. The minimum Gasteiger partial charge on any atom is -0.307 e. The van der Waals surface area contributed by atoms with Crippen LogP contribution in [-0.4, -0.2) is 25.6 Å². The van der Waals surface area contributed by atoms with Gasteiger partial charge >= 0.3 is 0 Å². The molecule has 0 aromatic heterocycles. The van der Waals surface area contributed by atoms with Crippen molar-refractivity contribution in [1.29, 1.82) is 0 Å². The highest BCUT2D eigenvalue weighted by Gasteiger charge is 2.15. The van der Waals surface area contributed by atoms with Gasteiger partial charge in [0.15, 0.2) is 0 Å². The zero-order valence-electron chi connectivity index (χ0n) is 5.33. The number of nitrogens with zero attached hydrogens (tertiary/aromatic N) is 1. The molecule has 0 atom stereocenters. The quantitative estimate of drug-likeness (QED) is 0.364. The first-order valence-corrected chi connectivity index (χ1v) is 2.63. The Balaban J connectivity index is 3.54. The standard InChI is InChI=1S/C5H12ClN/c1-5(6)7(2,3)4/h1-4H3/q+1. The lowest BCUT2D eigenvalue weighted by Gasteiger charge is -2.24. The van der Waals surface area contributed by atoms with Crippen molar-refractivity contribution in [2.24, 2.45) is 0 Å². The molecule has 1 radical (unpaired) electrons. The smallest absolute Gasteiger partial charge is 0.240 e. The van der Waals surface area contributed by atoms with Gasteiger partial charge in [-0.25, -0.2) is 0 Å². The Hall–Kier alpha value is 0.250. The van der Waals surface area contributed by atoms with Crippen LogP contribution in [0.25, 0.3) is 0 Å². The minimum atomic E-state index is 0.738. The number of rotatable bonds is 1. The third kappa shape index (κ3) is 2.89. The Kier molecular flexibility index (Phi) is 2.09. The summed E-state index contributed by atoms with van der Waals surface area (Å²) in [7, 11) is 6.09. The Morgan fingerprint density at radius 2 is 1.43 bits per heavy atom. The van der Waals surface area contributed by atoms with Gasteiger partial charge < -0.3 is 4.48 Å². The van der Waals surface area contributed by atoms with Crippen molar-refractivity contribution in [3.63, 3.8) is 0 Å². The maximum Gasteiger partial charge on any atom is 0.240 e. The van der Waals surface area contributed by atoms with Gasteiger partial charge in [0, 0.05) is 6.92 Å². The molecule has 0 saturated heterocycles. The van der Waals surface area contributed by atoms with Crippen molar-refractivity contribution >= 4 is 11.6 Å². The molecule has 2 heteroatoms. The van der Waals surface area contributed by atoms with E-state index in [0.29, 0.717) is 0 Å². The largest absolute Gasteiger partial charge is 0.307 e. The van der Waals surface area contributed by atoms with E-state index in [1.165, 1.54) is 0 Å². The molecule has 0 spiro atoms. The van der Waals surface area contributed by atoms with E-state index in [1.54, 1.807) is 0 Å². The molecule has 0 aliphatic heterocycles. The molecule has 0 aliphatic rings. The third-order valence-electron chi connectivity index (χ3n) is 0.924. The number of hydrogen-bond donors (Lipinski definition) is 0. The van der Waals surface area contributed by atoms with Crippen LogP contribution < -0.4 is 0 Å². The first kappa shape index (κ1) is 7.25. The van der Waals surface area contributed by atoms with E-state index in [4.69, 9.17) is 11.6 Å². The van der Waals surface area contributed by atoms with Gasteiger partial charge in [-0.05, 0) is 11.6 Å². The number of halogens is 1. The lowest BCUT2D eigenvalue weighted by atomic mass is 10.6. The average Bonchev–Trinajstić information content (AvgIpc) is 1.31. The predicted molar refractivity (Wildman–Crippen MR) is 32.8 cm³/mol. The Morgan fingerprint density at radius 1 is 1.29 bits per heavy atom. The Labute approximate surface area is 50.5 Å². The van der Waals surface area contributed by atoms with Gasteiger partial charge in [-0.2, -0.15) is 0 Å². The third-order valence-corrected chi connectivity index (χ3v) is 1.43. The molecular weight excluding hydrogens is 110 g/mol. The van der Waals surface area contributed by atoms with Gasteiger partial charge in [0.2, 0.25) is 5.50 Å². The highest BCUT2D eigenvalue weighted by atomic mass is 35.5. The van der Waals surface area contributed by atoms with Crippen LogP contribution >= 0.6 is 11.6 Å². The van der Waals surface area contributed by atoms with Crippen molar-refractivity contribution in [2.45, 2.75) is 6.92 Å². The first-order chi connectivity index (χ1) is 2.94. The second-order valence-corrected chi connectivity index (χ2v) is 3.06. The second-order valence-electron chi connectivity index (χ2n) is 2.51. The molecular formula is C5H12ClN+. The average molecular weight is 122 g/mol. The molecule has 0 fully saturated rings. The van der Waals surface area contributed by atoms with E-state index in [-0.39, 0.29) is 0 Å². The van der Waals surface area contributed by atoms with E-state index >= 15 is 0 Å². The maximum absolute atomic E-state index is 5.64. The fourth-order valence-corrected chi connectivity index (χ4v) is 0. The Morgan fingerprint density at radius 3 is 1.43 bits per heavy atom. The molecule has 1 nitrogen and oxygen atoms in total. The van der Waals surface area contributed by atoms with Crippen LogP contribution in [0, 0.1) is 5.50 Å². The van der Waals surface area contributed by atoms with Crippen LogP contribution in [-0.2, 0) is 0 Å². The second kappa shape index (κ2) is 2.01. The number of quaternary nitrogens is 1. The summed E-state index contributed by atoms with van der Waals surface area (Å²) in [4.78, 5) is 0. The molecule has 0 aliphatic carbocycles. The summed E-state index contributed by atoms with van der Waals surface area (Å²) in [5.74, 6) is 0. The molecule has 0 amide bonds. The van der Waals surface area contributed by atoms with Crippen LogP contribution in [0.2, 0.25) is 0 Å². The lowest BCUT2D eigenvalue weighted by molar-refractivity contribution is -0.847. The molecule has 0 aromatic rings. The highest BCUT2D eigenvalue weighted by Crippen LogP contribution is 2.13. The molecule has 43 valence electrons. The van der Waals surface area contributed by atoms with Crippen molar-refractivity contribution < 1.29 is 4.48 Å². The summed E-state index contributed by atoms with van der Waals surface area (Å²) >= 11 is 5.64. The van der Waals surface area contributed by atoms with E-state index in [0.717, 1.165) is 9.98 Å². The first-order valence-electron chi connectivity index (χ1n) is 2.25. The van der Waals surface area contributed by atoms with Crippen LogP contribution in [0.4, 0.5) is 0 Å². The topological polar surface area (TPSA) is 0 Å². The fourth-order valence-electron chi connectivity index (χ4n) is 0. The molecule has 0 saturated carbocycles. The van der Waals surface area contributed by atoms with Crippen molar-refractivity contribution in [3.8, 4) is 0 Å². The van der Waals surface area contributed by atoms with E-state index in [1.807, 2.05) is 28.1 Å². The summed E-state index contributed by atoms with van der Waals surface area (Å²) in [6.45, 7) is 1.90. The van der Waals surface area contributed by atoms with Crippen LogP contribution in [0.1, 0.15) is 6.92 Å². The highest BCUT2D eigenvalue weighted by molar-refractivity contribution is 6.25. The monoisotopic (exact) mass is 121 g/mol. The van der Waals surface area contributed by atoms with Crippen LogP contribution in [0.3, 0.4) is 0 Å². The zero-order chi connectivity index (χ0) is 6.08. The summed E-state index contributed by atoms with van der Waals surface area (Å²) in [6, 6.07) is 0. The van der Waals surface area contributed by atoms with E-state index in [9.17, 15) is 0 Å². The zero-order valence-corrected chi connectivity index (χ0v) is 6.08. The van der Waals surface area contributed by atoms with Crippen molar-refractivity contribution in [1.82, 2.24) is 0 Å². The van der Waals surface area contributed by atoms with Crippen LogP contribution in [0.15, 0.2) is 0 Å².